The molecule has 0 radical (unpaired) electrons. The first-order valence-corrected chi connectivity index (χ1v) is 14.8. The number of anilines is 2. The summed E-state index contributed by atoms with van der Waals surface area (Å²) in [5, 5.41) is 10.5. The number of carbonyl (C=O) groups excluding carboxylic acids is 3. The molecule has 9 nitrogen and oxygen atoms in total. The van der Waals surface area contributed by atoms with Gasteiger partial charge in [0.25, 0.3) is 5.91 Å². The highest BCUT2D eigenvalue weighted by Gasteiger charge is 2.75. The van der Waals surface area contributed by atoms with Crippen molar-refractivity contribution in [1.82, 2.24) is 4.90 Å². The van der Waals surface area contributed by atoms with Gasteiger partial charge >= 0.3 is 5.97 Å². The Kier molecular flexibility index (Phi) is 9.59. The molecule has 9 heteroatoms. The average Bonchev–Trinajstić information content (AvgIpc) is 3.61. The number of aliphatic hydroxyl groups is 1. The fraction of sp³-hybridized carbons (Fsp3) is 0.594. The fourth-order valence-corrected chi connectivity index (χ4v) is 7.12. The molecule has 2 unspecified atom stereocenters. The number of benzene rings is 1. The van der Waals surface area contributed by atoms with Gasteiger partial charge in [0, 0.05) is 31.0 Å². The molecule has 3 heterocycles. The topological polar surface area (TPSA) is 99.6 Å². The van der Waals surface area contributed by atoms with Crippen LogP contribution in [0.5, 0.6) is 0 Å². The Hall–Kier alpha value is -3.17. The van der Waals surface area contributed by atoms with Gasteiger partial charge < -0.3 is 29.3 Å². The molecule has 1 aromatic carbocycles. The van der Waals surface area contributed by atoms with E-state index in [4.69, 9.17) is 9.47 Å². The number of likely N-dealkylation sites (tertiary alicyclic amines) is 1. The van der Waals surface area contributed by atoms with Gasteiger partial charge in [-0.25, -0.2) is 0 Å². The van der Waals surface area contributed by atoms with E-state index in [-0.39, 0.29) is 37.5 Å². The number of fused-ring (bicyclic) bond motifs is 1. The number of hydrogen-bond donors (Lipinski definition) is 1. The molecule has 3 aliphatic rings. The largest absolute Gasteiger partial charge is 0.461 e. The summed E-state index contributed by atoms with van der Waals surface area (Å²) in [6, 6.07) is 6.20. The van der Waals surface area contributed by atoms with E-state index in [2.05, 4.69) is 31.9 Å². The Morgan fingerprint density at radius 1 is 1.17 bits per heavy atom. The van der Waals surface area contributed by atoms with E-state index in [1.165, 1.54) is 11.0 Å². The highest BCUT2D eigenvalue weighted by Crippen LogP contribution is 2.59. The lowest BCUT2D eigenvalue weighted by atomic mass is 9.70. The van der Waals surface area contributed by atoms with Gasteiger partial charge in [-0.1, -0.05) is 32.6 Å². The molecule has 1 aromatic rings. The minimum atomic E-state index is -1.18. The third-order valence-electron chi connectivity index (χ3n) is 8.80. The maximum absolute atomic E-state index is 14.7. The van der Waals surface area contributed by atoms with Gasteiger partial charge in [0.2, 0.25) is 5.91 Å². The van der Waals surface area contributed by atoms with E-state index in [9.17, 15) is 19.5 Å². The van der Waals surface area contributed by atoms with Crippen molar-refractivity contribution in [3.8, 4) is 0 Å². The first kappa shape index (κ1) is 30.8. The van der Waals surface area contributed by atoms with Crippen LogP contribution in [0.15, 0.2) is 49.6 Å². The molecule has 0 aromatic heterocycles. The molecule has 2 bridgehead atoms. The van der Waals surface area contributed by atoms with Crippen LogP contribution in [0.25, 0.3) is 0 Å². The second kappa shape index (κ2) is 12.8. The maximum atomic E-state index is 14.7. The van der Waals surface area contributed by atoms with Gasteiger partial charge in [0.05, 0.1) is 30.6 Å². The van der Waals surface area contributed by atoms with Crippen LogP contribution in [0, 0.1) is 17.8 Å². The number of esters is 1. The molecule has 4 rings (SSSR count). The first-order valence-electron chi connectivity index (χ1n) is 14.8. The molecule has 0 aliphatic carbocycles. The number of nitrogens with zero attached hydrogens (tertiary/aromatic N) is 3. The van der Waals surface area contributed by atoms with Crippen LogP contribution in [0.2, 0.25) is 0 Å². The summed E-state index contributed by atoms with van der Waals surface area (Å²) in [5.74, 6) is -2.65. The number of carbonyl (C=O) groups is 3. The van der Waals surface area contributed by atoms with Crippen molar-refractivity contribution in [3.05, 3.63) is 49.6 Å². The van der Waals surface area contributed by atoms with Crippen molar-refractivity contribution >= 4 is 29.2 Å². The second-order valence-corrected chi connectivity index (χ2v) is 11.6. The summed E-state index contributed by atoms with van der Waals surface area (Å²) in [6.07, 6.45) is 4.16. The van der Waals surface area contributed by atoms with Crippen molar-refractivity contribution in [3.63, 3.8) is 0 Å². The highest BCUT2D eigenvalue weighted by molar-refractivity contribution is 6.05. The molecule has 3 aliphatic heterocycles. The van der Waals surface area contributed by atoms with E-state index in [0.717, 1.165) is 18.8 Å². The van der Waals surface area contributed by atoms with E-state index < -0.39 is 41.6 Å². The van der Waals surface area contributed by atoms with Gasteiger partial charge in [0.1, 0.15) is 18.2 Å². The Balaban J connectivity index is 1.77. The zero-order valence-electron chi connectivity index (χ0n) is 24.8. The Morgan fingerprint density at radius 2 is 1.83 bits per heavy atom. The minimum absolute atomic E-state index is 0.0330. The predicted molar refractivity (Wildman–Crippen MR) is 158 cm³/mol. The van der Waals surface area contributed by atoms with Crippen LogP contribution in [-0.2, 0) is 23.9 Å². The van der Waals surface area contributed by atoms with Gasteiger partial charge in [-0.3, -0.25) is 14.4 Å². The molecule has 6 atom stereocenters. The van der Waals surface area contributed by atoms with Crippen molar-refractivity contribution in [1.29, 1.82) is 0 Å². The molecule has 1 spiro atoms. The minimum Gasteiger partial charge on any atom is -0.461 e. The van der Waals surface area contributed by atoms with Crippen molar-refractivity contribution in [2.45, 2.75) is 70.7 Å². The second-order valence-electron chi connectivity index (χ2n) is 11.6. The number of ether oxygens (including phenoxy) is 2. The third kappa shape index (κ3) is 5.42. The molecule has 3 fully saturated rings. The zero-order valence-corrected chi connectivity index (χ0v) is 24.8. The summed E-state index contributed by atoms with van der Waals surface area (Å²) >= 11 is 0. The smallest absolute Gasteiger partial charge is 0.312 e. The van der Waals surface area contributed by atoms with Crippen LogP contribution in [0.1, 0.15) is 47.0 Å². The molecule has 0 saturated carbocycles. The SMILES string of the molecule is C=CCOC(=O)[C@@H]1[C@@H]2CCC3(O2)C(C(=O)N(CC=C)c2ccc(N(CC)CC)cc2)N([C@@H](CO)CC(C)C)C(=O)[C@H]13. The van der Waals surface area contributed by atoms with E-state index >= 15 is 0 Å². The Bertz CT molecular complexity index is 1130. The predicted octanol–water partition coefficient (Wildman–Crippen LogP) is 3.56. The molecular formula is C32H45N3O6. The monoisotopic (exact) mass is 567 g/mol. The van der Waals surface area contributed by atoms with Gasteiger partial charge in [-0.05, 0) is 63.3 Å². The average molecular weight is 568 g/mol. The Labute approximate surface area is 243 Å². The number of aliphatic hydroxyl groups excluding tert-OH is 1. The van der Waals surface area contributed by atoms with Gasteiger partial charge in [-0.2, -0.15) is 0 Å². The van der Waals surface area contributed by atoms with Crippen LogP contribution in [0.4, 0.5) is 11.4 Å². The van der Waals surface area contributed by atoms with Crippen LogP contribution >= 0.6 is 0 Å². The van der Waals surface area contributed by atoms with Crippen molar-refractivity contribution in [2.24, 2.45) is 17.8 Å². The van der Waals surface area contributed by atoms with Crippen LogP contribution in [0.3, 0.4) is 0 Å². The van der Waals surface area contributed by atoms with Crippen molar-refractivity contribution in [2.75, 3.05) is 42.6 Å². The lowest BCUT2D eigenvalue weighted by molar-refractivity contribution is -0.155. The molecule has 41 heavy (non-hydrogen) atoms. The third-order valence-corrected chi connectivity index (χ3v) is 8.80. The summed E-state index contributed by atoms with van der Waals surface area (Å²) in [5.41, 5.74) is 0.552. The van der Waals surface area contributed by atoms with E-state index in [1.54, 1.807) is 11.0 Å². The standard InChI is InChI=1S/C32H45N3O6/c1-7-17-34(23-13-11-22(12-14-23)33(9-3)10-4)30(38)28-32-16-15-25(41-32)26(31(39)40-18-8-2)27(32)29(37)35(28)24(20-36)19-21(5)6/h7-8,11-14,21,24-28,36H,1-2,9-10,15-20H2,3-6H3/t24-,25+,26-,27+,28?,32?/m1/s1. The molecule has 2 amide bonds. The van der Waals surface area contributed by atoms with E-state index in [1.807, 2.05) is 38.1 Å². The molecular weight excluding hydrogens is 522 g/mol. The van der Waals surface area contributed by atoms with Gasteiger partial charge in [0.15, 0.2) is 0 Å². The lowest BCUT2D eigenvalue weighted by Crippen LogP contribution is -2.59. The Morgan fingerprint density at radius 3 is 2.39 bits per heavy atom. The normalized spacial score (nSPS) is 27.1. The highest BCUT2D eigenvalue weighted by atomic mass is 16.6. The van der Waals surface area contributed by atoms with E-state index in [0.29, 0.717) is 24.9 Å². The number of amides is 2. The summed E-state index contributed by atoms with van der Waals surface area (Å²) in [4.78, 5) is 47.5. The quantitative estimate of drug-likeness (QED) is 0.271. The lowest BCUT2D eigenvalue weighted by Gasteiger charge is -2.39. The fourth-order valence-electron chi connectivity index (χ4n) is 7.12. The number of rotatable bonds is 14. The molecule has 1 N–H and O–H groups in total. The summed E-state index contributed by atoms with van der Waals surface area (Å²) in [7, 11) is 0. The summed E-state index contributed by atoms with van der Waals surface area (Å²) < 4.78 is 11.9. The number of hydrogen-bond acceptors (Lipinski definition) is 7. The summed E-state index contributed by atoms with van der Waals surface area (Å²) in [6.45, 7) is 17.4. The molecule has 3 saturated heterocycles. The first-order chi connectivity index (χ1) is 19.7. The molecule has 224 valence electrons. The van der Waals surface area contributed by atoms with Crippen LogP contribution < -0.4 is 9.80 Å². The van der Waals surface area contributed by atoms with Gasteiger partial charge in [-0.15, -0.1) is 6.58 Å². The van der Waals surface area contributed by atoms with Crippen molar-refractivity contribution < 1.29 is 29.0 Å². The zero-order chi connectivity index (χ0) is 29.9. The van der Waals surface area contributed by atoms with Crippen LogP contribution in [-0.4, -0.2) is 84.4 Å². The maximum Gasteiger partial charge on any atom is 0.312 e.